The molecule has 0 heterocycles. The van der Waals surface area contributed by atoms with Crippen molar-refractivity contribution in [2.45, 2.75) is 45.3 Å². The van der Waals surface area contributed by atoms with Gasteiger partial charge in [0.15, 0.2) is 0 Å². The van der Waals surface area contributed by atoms with E-state index in [0.29, 0.717) is 5.56 Å². The molecule has 1 rings (SSSR count). The summed E-state index contributed by atoms with van der Waals surface area (Å²) in [7, 11) is 0. The Balaban J connectivity index is 2.58. The van der Waals surface area contributed by atoms with E-state index in [1.165, 1.54) is 31.2 Å². The van der Waals surface area contributed by atoms with Crippen LogP contribution in [0.25, 0.3) is 0 Å². The molecule has 37 heavy (non-hydrogen) atoms. The Labute approximate surface area is 213 Å². The molecule has 1 aromatic rings. The molecule has 0 saturated carbocycles. The van der Waals surface area contributed by atoms with Gasteiger partial charge in [-0.2, -0.15) is 0 Å². The first kappa shape index (κ1) is 30.8. The van der Waals surface area contributed by atoms with E-state index in [2.05, 4.69) is 26.6 Å². The lowest BCUT2D eigenvalue weighted by Gasteiger charge is -2.22. The zero-order valence-electron chi connectivity index (χ0n) is 20.9. The molecular formula is C23H34N6O8. The largest absolute Gasteiger partial charge is 0.508 e. The second-order valence-corrected chi connectivity index (χ2v) is 8.55. The van der Waals surface area contributed by atoms with Crippen molar-refractivity contribution in [3.05, 3.63) is 29.8 Å². The van der Waals surface area contributed by atoms with Crippen LogP contribution >= 0.6 is 0 Å². The van der Waals surface area contributed by atoms with Crippen LogP contribution in [-0.4, -0.2) is 83.5 Å². The first-order chi connectivity index (χ1) is 17.3. The normalized spacial score (nSPS) is 13.0. The number of carbonyl (C=O) groups excluding carboxylic acids is 5. The number of phenols is 1. The predicted molar refractivity (Wildman–Crippen MR) is 131 cm³/mol. The van der Waals surface area contributed by atoms with Crippen LogP contribution in [0.4, 0.5) is 0 Å². The van der Waals surface area contributed by atoms with Crippen molar-refractivity contribution in [2.24, 2.45) is 11.7 Å². The molecule has 1 aromatic carbocycles. The summed E-state index contributed by atoms with van der Waals surface area (Å²) in [6.45, 7) is 3.44. The third-order valence-corrected chi connectivity index (χ3v) is 5.08. The number of hydrogen-bond acceptors (Lipinski definition) is 8. The highest BCUT2D eigenvalue weighted by Gasteiger charge is 2.26. The molecule has 14 nitrogen and oxygen atoms in total. The average Bonchev–Trinajstić information content (AvgIpc) is 2.84. The lowest BCUT2D eigenvalue weighted by molar-refractivity contribution is -0.141. The van der Waals surface area contributed by atoms with Crippen LogP contribution in [0.15, 0.2) is 24.3 Å². The minimum absolute atomic E-state index is 0.0158. The van der Waals surface area contributed by atoms with Gasteiger partial charge in [-0.05, 0) is 30.5 Å². The van der Waals surface area contributed by atoms with Crippen LogP contribution in [0.5, 0.6) is 5.75 Å². The highest BCUT2D eigenvalue weighted by atomic mass is 16.4. The van der Waals surface area contributed by atoms with Crippen LogP contribution < -0.4 is 32.3 Å². The van der Waals surface area contributed by atoms with E-state index in [1.54, 1.807) is 13.8 Å². The Hall–Kier alpha value is -4.20. The monoisotopic (exact) mass is 522 g/mol. The summed E-state index contributed by atoms with van der Waals surface area (Å²) in [5.41, 5.74) is 5.74. The van der Waals surface area contributed by atoms with Crippen LogP contribution in [0.3, 0.4) is 0 Å². The van der Waals surface area contributed by atoms with Gasteiger partial charge in [0.1, 0.15) is 23.9 Å². The lowest BCUT2D eigenvalue weighted by atomic mass is 10.0. The molecule has 5 amide bonds. The Morgan fingerprint density at radius 2 is 1.35 bits per heavy atom. The predicted octanol–water partition coefficient (Wildman–Crippen LogP) is -2.66. The third-order valence-electron chi connectivity index (χ3n) is 5.08. The zero-order chi connectivity index (χ0) is 28.1. The topological polar surface area (TPSA) is 229 Å². The van der Waals surface area contributed by atoms with E-state index >= 15 is 0 Å². The first-order valence-electron chi connectivity index (χ1n) is 11.5. The van der Waals surface area contributed by atoms with Crippen LogP contribution in [0.1, 0.15) is 26.3 Å². The molecule has 0 saturated heterocycles. The van der Waals surface area contributed by atoms with Crippen molar-refractivity contribution in [3.8, 4) is 5.75 Å². The standard InChI is InChI=1S/C23H34N6O8/c1-12(2)20(29-19(33)11-25-21(34)13(3)27-17(31)9-24)22(35)26-10-18(32)28-16(23(36)37)8-14-4-6-15(30)7-5-14/h4-7,12-13,16,20,30H,8-11,24H2,1-3H3,(H,25,34)(H,26,35)(H,27,31)(H,28,32)(H,29,33)(H,36,37)/t13-,16-,20-/m0/s1. The smallest absolute Gasteiger partial charge is 0.326 e. The van der Waals surface area contributed by atoms with E-state index in [9.17, 15) is 39.0 Å². The highest BCUT2D eigenvalue weighted by molar-refractivity contribution is 5.94. The van der Waals surface area contributed by atoms with E-state index < -0.39 is 66.7 Å². The number of hydrogen-bond donors (Lipinski definition) is 8. The molecule has 0 bridgehead atoms. The molecule has 0 unspecified atom stereocenters. The Bertz CT molecular complexity index is 982. The van der Waals surface area contributed by atoms with Crippen molar-refractivity contribution in [1.82, 2.24) is 26.6 Å². The molecular weight excluding hydrogens is 488 g/mol. The Kier molecular flexibility index (Phi) is 12.5. The molecule has 9 N–H and O–H groups in total. The van der Waals surface area contributed by atoms with Gasteiger partial charge in [0.25, 0.3) is 0 Å². The number of nitrogens with one attached hydrogen (secondary N) is 5. The third kappa shape index (κ3) is 11.4. The Morgan fingerprint density at radius 1 is 0.811 bits per heavy atom. The van der Waals surface area contributed by atoms with E-state index in [0.717, 1.165) is 0 Å². The number of carbonyl (C=O) groups is 6. The number of nitrogens with two attached hydrogens (primary N) is 1. The van der Waals surface area contributed by atoms with Crippen LogP contribution in [0, 0.1) is 5.92 Å². The van der Waals surface area contributed by atoms with Gasteiger partial charge < -0.3 is 42.5 Å². The number of benzene rings is 1. The molecule has 204 valence electrons. The minimum Gasteiger partial charge on any atom is -0.508 e. The maximum Gasteiger partial charge on any atom is 0.326 e. The molecule has 0 aliphatic carbocycles. The molecule has 0 aliphatic rings. The summed E-state index contributed by atoms with van der Waals surface area (Å²) < 4.78 is 0. The van der Waals surface area contributed by atoms with E-state index in [-0.39, 0.29) is 24.6 Å². The summed E-state index contributed by atoms with van der Waals surface area (Å²) in [4.78, 5) is 71.8. The molecule has 0 radical (unpaired) electrons. The number of rotatable bonds is 14. The zero-order valence-corrected chi connectivity index (χ0v) is 20.9. The van der Waals surface area contributed by atoms with Gasteiger partial charge in [-0.3, -0.25) is 24.0 Å². The highest BCUT2D eigenvalue weighted by Crippen LogP contribution is 2.11. The van der Waals surface area contributed by atoms with Crippen molar-refractivity contribution in [2.75, 3.05) is 19.6 Å². The van der Waals surface area contributed by atoms with Crippen molar-refractivity contribution in [1.29, 1.82) is 0 Å². The fourth-order valence-electron chi connectivity index (χ4n) is 3.04. The molecule has 0 aromatic heterocycles. The molecule has 0 spiro atoms. The van der Waals surface area contributed by atoms with Gasteiger partial charge in [0, 0.05) is 6.42 Å². The minimum atomic E-state index is -1.28. The molecule has 14 heteroatoms. The second-order valence-electron chi connectivity index (χ2n) is 8.55. The van der Waals surface area contributed by atoms with Gasteiger partial charge in [-0.15, -0.1) is 0 Å². The van der Waals surface area contributed by atoms with Crippen LogP contribution in [0.2, 0.25) is 0 Å². The van der Waals surface area contributed by atoms with Crippen molar-refractivity contribution >= 4 is 35.5 Å². The van der Waals surface area contributed by atoms with Crippen molar-refractivity contribution < 1.29 is 39.0 Å². The van der Waals surface area contributed by atoms with Crippen LogP contribution in [-0.2, 0) is 35.2 Å². The van der Waals surface area contributed by atoms with E-state index in [4.69, 9.17) is 5.73 Å². The number of carboxylic acid groups (broad SMARTS) is 1. The number of amides is 5. The van der Waals surface area contributed by atoms with Gasteiger partial charge in [0.2, 0.25) is 29.5 Å². The Morgan fingerprint density at radius 3 is 1.86 bits per heavy atom. The summed E-state index contributed by atoms with van der Waals surface area (Å²) in [5, 5.41) is 30.5. The van der Waals surface area contributed by atoms with Gasteiger partial charge >= 0.3 is 5.97 Å². The quantitative estimate of drug-likeness (QED) is 0.127. The van der Waals surface area contributed by atoms with Gasteiger partial charge in [0.05, 0.1) is 19.6 Å². The lowest BCUT2D eigenvalue weighted by Crippen LogP contribution is -2.55. The van der Waals surface area contributed by atoms with E-state index in [1.807, 2.05) is 0 Å². The number of aromatic hydroxyl groups is 1. The summed E-state index contributed by atoms with van der Waals surface area (Å²) in [6.07, 6.45) is -0.0415. The maximum atomic E-state index is 12.6. The number of aliphatic carboxylic acids is 1. The fourth-order valence-corrected chi connectivity index (χ4v) is 3.04. The van der Waals surface area contributed by atoms with Gasteiger partial charge in [-0.1, -0.05) is 26.0 Å². The van der Waals surface area contributed by atoms with Gasteiger partial charge in [-0.25, -0.2) is 4.79 Å². The number of carboxylic acids is 1. The number of phenolic OH excluding ortho intramolecular Hbond substituents is 1. The molecule has 3 atom stereocenters. The fraction of sp³-hybridized carbons (Fsp3) is 0.478. The second kappa shape index (κ2) is 15.0. The summed E-state index contributed by atoms with van der Waals surface area (Å²) >= 11 is 0. The maximum absolute atomic E-state index is 12.6. The average molecular weight is 523 g/mol. The van der Waals surface area contributed by atoms with Crippen molar-refractivity contribution in [3.63, 3.8) is 0 Å². The summed E-state index contributed by atoms with van der Waals surface area (Å²) in [6, 6.07) is 2.59. The first-order valence-corrected chi connectivity index (χ1v) is 11.5. The molecule has 0 fully saturated rings. The molecule has 0 aliphatic heterocycles. The summed E-state index contributed by atoms with van der Waals surface area (Å²) in [5.74, 6) is -4.92. The SMILES string of the molecule is CC(C)[C@H](NC(=O)CNC(=O)[C@H](C)NC(=O)CN)C(=O)NCC(=O)N[C@@H](Cc1ccc(O)cc1)C(=O)O.